The molecular weight excluding hydrogens is 185 g/mol. The number of nitro benzene ring substituents is 1. The molecule has 1 radical (unpaired) electrons. The van der Waals surface area contributed by atoms with Gasteiger partial charge < -0.3 is 0 Å². The molecule has 0 spiro atoms. The van der Waals surface area contributed by atoms with Crippen LogP contribution in [-0.2, 0) is 0 Å². The molecule has 63 valence electrons. The van der Waals surface area contributed by atoms with Gasteiger partial charge in [0.2, 0.25) is 0 Å². The molecule has 1 rings (SSSR count). The van der Waals surface area contributed by atoms with Gasteiger partial charge in [-0.15, -0.1) is 4.91 Å². The van der Waals surface area contributed by atoms with Gasteiger partial charge in [-0.3, -0.25) is 10.1 Å². The molecule has 7 heteroatoms. The van der Waals surface area contributed by atoms with Crippen LogP contribution >= 0.6 is 0 Å². The maximum Gasteiger partial charge on any atom is 0.269 e. The third-order valence-corrected chi connectivity index (χ3v) is 1.25. The topological polar surface area (TPSA) is 84.6 Å². The number of nitrogens with one attached hydrogen (secondary N) is 1. The van der Waals surface area contributed by atoms with Crippen LogP contribution in [0.15, 0.2) is 29.6 Å². The monoisotopic (exact) mass is 190 g/mol. The van der Waals surface area contributed by atoms with Gasteiger partial charge in [-0.25, -0.2) is 5.43 Å². The normalized spacial score (nSPS) is 8.31. The maximum absolute atomic E-state index is 10.2. The Morgan fingerprint density at radius 3 is 2.23 bits per heavy atom. The fourth-order valence-corrected chi connectivity index (χ4v) is 0.710. The van der Waals surface area contributed by atoms with E-state index in [1.165, 1.54) is 24.3 Å². The molecule has 0 atom stereocenters. The van der Waals surface area contributed by atoms with Gasteiger partial charge in [0.15, 0.2) is 0 Å². The Kier molecular flexibility index (Phi) is 5.20. The van der Waals surface area contributed by atoms with Crippen LogP contribution in [-0.4, -0.2) is 34.5 Å². The van der Waals surface area contributed by atoms with E-state index >= 15 is 0 Å². The zero-order valence-electron chi connectivity index (χ0n) is 6.93. The van der Waals surface area contributed by atoms with Crippen molar-refractivity contribution in [1.82, 2.24) is 0 Å². The Hall–Kier alpha value is -0.980. The second-order valence-electron chi connectivity index (χ2n) is 2.01. The molecule has 0 aliphatic heterocycles. The fraction of sp³-hybridized carbons (Fsp3) is 0. The number of hydrogen-bond donors (Lipinski definition) is 1. The number of hydrogen-bond acceptors (Lipinski definition) is 4. The van der Waals surface area contributed by atoms with Gasteiger partial charge >= 0.3 is 0 Å². The quantitative estimate of drug-likeness (QED) is 0.337. The molecule has 6 nitrogen and oxygen atoms in total. The van der Waals surface area contributed by atoms with Crippen molar-refractivity contribution in [3.8, 4) is 0 Å². The molecule has 0 aromatic heterocycles. The van der Waals surface area contributed by atoms with E-state index in [4.69, 9.17) is 0 Å². The molecular formula is C6H5N3NaO3. The zero-order valence-corrected chi connectivity index (χ0v) is 8.93. The van der Waals surface area contributed by atoms with Crippen molar-refractivity contribution in [3.63, 3.8) is 0 Å². The second-order valence-corrected chi connectivity index (χ2v) is 2.01. The SMILES string of the molecule is O=NNc1ccc([N+](=O)[O-])cc1.[Na]. The van der Waals surface area contributed by atoms with E-state index in [9.17, 15) is 15.0 Å². The standard InChI is InChI=1S/C6H5N3O3.Na/c10-8-7-5-1-3-6(4-2-5)9(11)12;/h1-4H,(H,7,10);. The van der Waals surface area contributed by atoms with Crippen molar-refractivity contribution < 1.29 is 4.92 Å². The van der Waals surface area contributed by atoms with Gasteiger partial charge in [0.05, 0.1) is 15.9 Å². The summed E-state index contributed by atoms with van der Waals surface area (Å²) in [5.74, 6) is 0. The van der Waals surface area contributed by atoms with Crippen molar-refractivity contribution in [2.45, 2.75) is 0 Å². The summed E-state index contributed by atoms with van der Waals surface area (Å²) in [4.78, 5) is 19.4. The molecule has 1 aromatic carbocycles. The van der Waals surface area contributed by atoms with Crippen LogP contribution in [0.2, 0.25) is 0 Å². The van der Waals surface area contributed by atoms with E-state index in [0.717, 1.165) is 0 Å². The molecule has 0 aliphatic rings. The van der Waals surface area contributed by atoms with E-state index < -0.39 is 4.92 Å². The van der Waals surface area contributed by atoms with Gasteiger partial charge in [-0.1, -0.05) is 0 Å². The minimum atomic E-state index is -0.516. The van der Waals surface area contributed by atoms with Crippen molar-refractivity contribution in [2.24, 2.45) is 5.29 Å². The molecule has 13 heavy (non-hydrogen) atoms. The van der Waals surface area contributed by atoms with Gasteiger partial charge in [-0.2, -0.15) is 0 Å². The molecule has 0 unspecified atom stereocenters. The van der Waals surface area contributed by atoms with Gasteiger partial charge in [0.1, 0.15) is 0 Å². The van der Waals surface area contributed by atoms with Crippen molar-refractivity contribution in [1.29, 1.82) is 0 Å². The number of nitro groups is 1. The first-order chi connectivity index (χ1) is 5.74. The van der Waals surface area contributed by atoms with Crippen molar-refractivity contribution >= 4 is 40.9 Å². The molecule has 0 saturated heterocycles. The maximum atomic E-state index is 10.2. The smallest absolute Gasteiger partial charge is 0.258 e. The summed E-state index contributed by atoms with van der Waals surface area (Å²) >= 11 is 0. The van der Waals surface area contributed by atoms with E-state index in [1.54, 1.807) is 0 Å². The van der Waals surface area contributed by atoms with E-state index in [0.29, 0.717) is 5.69 Å². The summed E-state index contributed by atoms with van der Waals surface area (Å²) in [5.41, 5.74) is 2.53. The predicted molar refractivity (Wildman–Crippen MR) is 48.3 cm³/mol. The third-order valence-electron chi connectivity index (χ3n) is 1.25. The largest absolute Gasteiger partial charge is 0.269 e. The van der Waals surface area contributed by atoms with Crippen LogP contribution in [0.25, 0.3) is 0 Å². The number of nitrogens with zero attached hydrogens (tertiary/aromatic N) is 2. The molecule has 0 aliphatic carbocycles. The van der Waals surface area contributed by atoms with Crippen molar-refractivity contribution in [3.05, 3.63) is 39.3 Å². The predicted octanol–water partition coefficient (Wildman–Crippen LogP) is 1.31. The van der Waals surface area contributed by atoms with E-state index in [2.05, 4.69) is 10.7 Å². The summed E-state index contributed by atoms with van der Waals surface area (Å²) in [5, 5.41) is 12.6. The molecule has 1 aromatic rings. The van der Waals surface area contributed by atoms with Crippen LogP contribution in [0.5, 0.6) is 0 Å². The van der Waals surface area contributed by atoms with E-state index in [1.807, 2.05) is 0 Å². The Bertz CT molecular complexity index is 300. The Morgan fingerprint density at radius 2 is 1.85 bits per heavy atom. The van der Waals surface area contributed by atoms with Crippen LogP contribution < -0.4 is 5.43 Å². The summed E-state index contributed by atoms with van der Waals surface area (Å²) in [6.07, 6.45) is 0. The van der Waals surface area contributed by atoms with Crippen LogP contribution in [0, 0.1) is 15.0 Å². The van der Waals surface area contributed by atoms with Gasteiger partial charge in [-0.05, 0) is 12.1 Å². The molecule has 1 N–H and O–H groups in total. The second kappa shape index (κ2) is 5.63. The molecule has 0 amide bonds. The number of benzene rings is 1. The van der Waals surface area contributed by atoms with Crippen LogP contribution in [0.4, 0.5) is 11.4 Å². The van der Waals surface area contributed by atoms with Crippen molar-refractivity contribution in [2.75, 3.05) is 5.43 Å². The Morgan fingerprint density at radius 1 is 1.31 bits per heavy atom. The minimum absolute atomic E-state index is 0. The number of non-ortho nitro benzene ring substituents is 1. The summed E-state index contributed by atoms with van der Waals surface area (Å²) in [7, 11) is 0. The first kappa shape index (κ1) is 12.0. The first-order valence-electron chi connectivity index (χ1n) is 3.07. The van der Waals surface area contributed by atoms with Crippen LogP contribution in [0.1, 0.15) is 0 Å². The number of rotatable bonds is 3. The number of anilines is 1. The van der Waals surface area contributed by atoms with Gasteiger partial charge in [0, 0.05) is 41.7 Å². The zero-order chi connectivity index (χ0) is 8.97. The Labute approximate surface area is 95.7 Å². The van der Waals surface area contributed by atoms with E-state index in [-0.39, 0.29) is 35.2 Å². The summed E-state index contributed by atoms with van der Waals surface area (Å²) in [6.45, 7) is 0. The fourth-order valence-electron chi connectivity index (χ4n) is 0.710. The minimum Gasteiger partial charge on any atom is -0.258 e. The summed E-state index contributed by atoms with van der Waals surface area (Å²) in [6, 6.07) is 5.38. The van der Waals surface area contributed by atoms with Crippen LogP contribution in [0.3, 0.4) is 0 Å². The van der Waals surface area contributed by atoms with Gasteiger partial charge in [0.25, 0.3) is 5.69 Å². The number of nitroso groups, excluding NO2 is 1. The average molecular weight is 190 g/mol. The molecule has 0 saturated carbocycles. The molecule has 0 bridgehead atoms. The average Bonchev–Trinajstić information content (AvgIpc) is 2.06. The third kappa shape index (κ3) is 3.49. The Balaban J connectivity index is 0.00000144. The summed E-state index contributed by atoms with van der Waals surface area (Å²) < 4.78 is 0. The molecule has 0 fully saturated rings. The molecule has 0 heterocycles. The first-order valence-corrected chi connectivity index (χ1v) is 3.07.